The molecular weight excluding hydrogens is 517 g/mol. The monoisotopic (exact) mass is 545 g/mol. The molecule has 0 N–H and O–H groups in total. The van der Waals surface area contributed by atoms with Gasteiger partial charge in [-0.2, -0.15) is 0 Å². The molecule has 0 bridgehead atoms. The van der Waals surface area contributed by atoms with Gasteiger partial charge < -0.3 is 4.90 Å². The van der Waals surface area contributed by atoms with Crippen molar-refractivity contribution in [2.24, 2.45) is 0 Å². The van der Waals surface area contributed by atoms with Crippen LogP contribution in [0.3, 0.4) is 0 Å². The molecule has 0 atom stereocenters. The number of hydrogen-bond acceptors (Lipinski definition) is 1. The average molecular weight is 545 g/mol. The van der Waals surface area contributed by atoms with Gasteiger partial charge in [-0.15, -0.1) is 0 Å². The van der Waals surface area contributed by atoms with Crippen LogP contribution in [0.25, 0.3) is 54.6 Å². The maximum Gasteiger partial charge on any atom is 0.244 e. The summed E-state index contributed by atoms with van der Waals surface area (Å²) in [6.07, 6.45) is 0. The summed E-state index contributed by atoms with van der Waals surface area (Å²) < 4.78 is 0. The Hall–Kier alpha value is -5.34. The number of rotatable bonds is 3. The van der Waals surface area contributed by atoms with Crippen LogP contribution in [0.2, 0.25) is 0 Å². The number of benzene rings is 8. The summed E-state index contributed by atoms with van der Waals surface area (Å²) in [6.45, 7) is 0.132. The molecule has 0 spiro atoms. The first kappa shape index (κ1) is 24.3. The Morgan fingerprint density at radius 1 is 0.442 bits per heavy atom. The minimum absolute atomic E-state index is 0.132. The minimum atomic E-state index is 0.132. The zero-order chi connectivity index (χ0) is 28.5. The first-order valence-corrected chi connectivity index (χ1v) is 15.0. The number of nitrogens with zero attached hydrogens (tertiary/aromatic N) is 1. The first-order valence-electron chi connectivity index (χ1n) is 15.0. The molecule has 0 saturated heterocycles. The van der Waals surface area contributed by atoms with Crippen molar-refractivity contribution in [2.45, 2.75) is 0 Å². The normalized spacial score (nSPS) is 12.7. The first-order chi connectivity index (χ1) is 21.3. The van der Waals surface area contributed by atoms with Gasteiger partial charge in [-0.3, -0.25) is 0 Å². The second-order valence-corrected chi connectivity index (χ2v) is 11.7. The fraction of sp³-hybridized carbons (Fsp3) is 0.0244. The summed E-state index contributed by atoms with van der Waals surface area (Å²) in [5.74, 6) is 0. The van der Waals surface area contributed by atoms with Crippen molar-refractivity contribution in [3.63, 3.8) is 0 Å². The van der Waals surface area contributed by atoms with Crippen LogP contribution in [0.15, 0.2) is 152 Å². The zero-order valence-electron chi connectivity index (χ0n) is 24.0. The highest BCUT2D eigenvalue weighted by molar-refractivity contribution is 6.98. The molecule has 1 nitrogen and oxygen atoms in total. The van der Waals surface area contributed by atoms with E-state index in [1.807, 2.05) is 0 Å². The summed E-state index contributed by atoms with van der Waals surface area (Å²) in [4.78, 5) is 2.43. The summed E-state index contributed by atoms with van der Waals surface area (Å²) in [7, 11) is 2.24. The minimum Gasteiger partial charge on any atom is -0.345 e. The van der Waals surface area contributed by atoms with Gasteiger partial charge in [0.25, 0.3) is 0 Å². The molecule has 2 heteroatoms. The molecule has 0 amide bonds. The highest BCUT2D eigenvalue weighted by atomic mass is 15.1. The average Bonchev–Trinajstić information content (AvgIpc) is 3.18. The van der Waals surface area contributed by atoms with Crippen LogP contribution in [0.5, 0.6) is 0 Å². The summed E-state index contributed by atoms with van der Waals surface area (Å²) in [6, 6.07) is 56.0. The van der Waals surface area contributed by atoms with Gasteiger partial charge in [0, 0.05) is 23.8 Å². The van der Waals surface area contributed by atoms with Crippen LogP contribution in [0.4, 0.5) is 11.4 Å². The molecule has 1 heterocycles. The Balaban J connectivity index is 1.50. The van der Waals surface area contributed by atoms with E-state index >= 15 is 0 Å². The van der Waals surface area contributed by atoms with Crippen molar-refractivity contribution in [2.75, 3.05) is 11.9 Å². The Labute approximate surface area is 252 Å². The lowest BCUT2D eigenvalue weighted by Crippen LogP contribution is -2.52. The molecule has 43 heavy (non-hydrogen) atoms. The molecule has 200 valence electrons. The van der Waals surface area contributed by atoms with Crippen LogP contribution in [0.1, 0.15) is 0 Å². The molecule has 1 aliphatic rings. The van der Waals surface area contributed by atoms with E-state index in [-0.39, 0.29) is 6.71 Å². The van der Waals surface area contributed by atoms with Crippen molar-refractivity contribution in [3.8, 4) is 22.3 Å². The maximum atomic E-state index is 2.47. The highest BCUT2D eigenvalue weighted by Crippen LogP contribution is 2.47. The van der Waals surface area contributed by atoms with Crippen molar-refractivity contribution in [1.82, 2.24) is 0 Å². The van der Waals surface area contributed by atoms with Crippen LogP contribution >= 0.6 is 0 Å². The van der Waals surface area contributed by atoms with Crippen molar-refractivity contribution in [3.05, 3.63) is 152 Å². The Kier molecular flexibility index (Phi) is 5.27. The highest BCUT2D eigenvalue weighted by Gasteiger charge is 2.33. The van der Waals surface area contributed by atoms with Gasteiger partial charge in [0.1, 0.15) is 0 Å². The molecule has 0 aromatic heterocycles. The lowest BCUT2D eigenvalue weighted by atomic mass is 9.36. The number of para-hydroxylation sites is 1. The maximum absolute atomic E-state index is 2.47. The van der Waals surface area contributed by atoms with Crippen LogP contribution in [-0.2, 0) is 0 Å². The van der Waals surface area contributed by atoms with Crippen molar-refractivity contribution in [1.29, 1.82) is 0 Å². The van der Waals surface area contributed by atoms with Gasteiger partial charge in [0.05, 0.1) is 0 Å². The van der Waals surface area contributed by atoms with Gasteiger partial charge in [-0.25, -0.2) is 0 Å². The largest absolute Gasteiger partial charge is 0.345 e. The molecule has 1 aliphatic heterocycles. The standard InChI is InChI=1S/C41H28BN/c1-43-37-20-12-11-19-35(37)42(30-17-9-4-10-18-30)36-24-22-29-21-23-31-32(27-13-5-2-6-14-27)25-33(28-15-7-3-8-16-28)34-26-38(43)41(36)39(29)40(31)34/h2-26H,1H3. The third-order valence-corrected chi connectivity index (χ3v) is 9.48. The van der Waals surface area contributed by atoms with Crippen LogP contribution < -0.4 is 21.3 Å². The second kappa shape index (κ2) is 9.34. The fourth-order valence-electron chi connectivity index (χ4n) is 7.56. The van der Waals surface area contributed by atoms with E-state index < -0.39 is 0 Å². The molecule has 0 saturated carbocycles. The SMILES string of the molecule is CN1c2ccccc2B(c2ccccc2)c2ccc3ccc4c(-c5ccccc5)cc(-c5ccccc5)c5cc1c2c3c45. The van der Waals surface area contributed by atoms with Gasteiger partial charge in [0.15, 0.2) is 0 Å². The molecule has 8 aromatic rings. The quantitative estimate of drug-likeness (QED) is 0.159. The smallest absolute Gasteiger partial charge is 0.244 e. The number of hydrogen-bond donors (Lipinski definition) is 0. The third-order valence-electron chi connectivity index (χ3n) is 9.48. The van der Waals surface area contributed by atoms with Gasteiger partial charge in [-0.05, 0) is 72.8 Å². The lowest BCUT2D eigenvalue weighted by Gasteiger charge is -2.25. The van der Waals surface area contributed by atoms with Gasteiger partial charge in [-0.1, -0.05) is 144 Å². The third kappa shape index (κ3) is 3.53. The molecule has 8 aromatic carbocycles. The topological polar surface area (TPSA) is 3.24 Å². The van der Waals surface area contributed by atoms with E-state index in [0.29, 0.717) is 0 Å². The lowest BCUT2D eigenvalue weighted by molar-refractivity contribution is 1.24. The second-order valence-electron chi connectivity index (χ2n) is 11.7. The molecule has 0 unspecified atom stereocenters. The molecular formula is C41H28BN. The molecule has 0 fully saturated rings. The molecule has 0 aliphatic carbocycles. The molecule has 9 rings (SSSR count). The van der Waals surface area contributed by atoms with Gasteiger partial charge >= 0.3 is 0 Å². The van der Waals surface area contributed by atoms with E-state index in [2.05, 4.69) is 164 Å². The van der Waals surface area contributed by atoms with Crippen LogP contribution in [-0.4, -0.2) is 13.8 Å². The van der Waals surface area contributed by atoms with Gasteiger partial charge in [0.2, 0.25) is 6.71 Å². The zero-order valence-corrected chi connectivity index (χ0v) is 24.0. The van der Waals surface area contributed by atoms with Crippen molar-refractivity contribution < 1.29 is 0 Å². The predicted molar refractivity (Wildman–Crippen MR) is 187 cm³/mol. The van der Waals surface area contributed by atoms with E-state index in [1.54, 1.807) is 0 Å². The Morgan fingerprint density at radius 2 is 1.05 bits per heavy atom. The van der Waals surface area contributed by atoms with E-state index in [1.165, 1.54) is 82.3 Å². The fourth-order valence-corrected chi connectivity index (χ4v) is 7.56. The van der Waals surface area contributed by atoms with E-state index in [4.69, 9.17) is 0 Å². The Morgan fingerprint density at radius 3 is 1.77 bits per heavy atom. The van der Waals surface area contributed by atoms with E-state index in [9.17, 15) is 0 Å². The Bertz CT molecular complexity index is 2290. The summed E-state index contributed by atoms with van der Waals surface area (Å²) in [5, 5.41) is 7.95. The molecule has 0 radical (unpaired) electrons. The number of fused-ring (bicyclic) bond motifs is 1. The van der Waals surface area contributed by atoms with Crippen LogP contribution in [0, 0.1) is 0 Å². The van der Waals surface area contributed by atoms with Crippen molar-refractivity contribution >= 4 is 66.8 Å². The number of anilines is 2. The summed E-state index contributed by atoms with van der Waals surface area (Å²) >= 11 is 0. The summed E-state index contributed by atoms with van der Waals surface area (Å²) in [5.41, 5.74) is 11.6. The van der Waals surface area contributed by atoms with E-state index in [0.717, 1.165) is 0 Å². The predicted octanol–water partition coefficient (Wildman–Crippen LogP) is 8.52.